The average molecular weight is 379 g/mol. The summed E-state index contributed by atoms with van der Waals surface area (Å²) >= 11 is 0. The Morgan fingerprint density at radius 3 is 2.33 bits per heavy atom. The lowest BCUT2D eigenvalue weighted by molar-refractivity contribution is -0.907. The van der Waals surface area contributed by atoms with Crippen molar-refractivity contribution in [3.63, 3.8) is 0 Å². The molecule has 146 valence electrons. The highest BCUT2D eigenvalue weighted by Crippen LogP contribution is 2.29. The minimum atomic E-state index is -0.998. The number of likely N-dealkylation sites (N-methyl/N-ethyl adjacent to an activating group) is 1. The first-order valence-corrected chi connectivity index (χ1v) is 8.56. The molecule has 0 aliphatic heterocycles. The van der Waals surface area contributed by atoms with Crippen LogP contribution >= 0.6 is 0 Å². The molecule has 2 N–H and O–H groups in total. The van der Waals surface area contributed by atoms with Crippen molar-refractivity contribution < 1.29 is 27.9 Å². The van der Waals surface area contributed by atoms with Crippen molar-refractivity contribution >= 4 is 11.6 Å². The third-order valence-electron chi connectivity index (χ3n) is 4.63. The number of halogens is 2. The van der Waals surface area contributed by atoms with Gasteiger partial charge in [-0.25, -0.2) is 8.78 Å². The van der Waals surface area contributed by atoms with Crippen molar-refractivity contribution in [3.05, 3.63) is 53.1 Å². The van der Waals surface area contributed by atoms with Crippen molar-refractivity contribution in [2.24, 2.45) is 0 Å². The number of methoxy groups -OCH3 is 2. The Balaban J connectivity index is 2.09. The maximum absolute atomic E-state index is 13.3. The Kier molecular flexibility index (Phi) is 6.74. The highest BCUT2D eigenvalue weighted by atomic mass is 19.2. The monoisotopic (exact) mass is 379 g/mol. The Hall–Kier alpha value is -2.67. The van der Waals surface area contributed by atoms with Crippen LogP contribution in [-0.2, 0) is 11.3 Å². The molecule has 1 unspecified atom stereocenters. The van der Waals surface area contributed by atoms with E-state index >= 15 is 0 Å². The number of anilines is 1. The second kappa shape index (κ2) is 8.81. The van der Waals surface area contributed by atoms with Crippen LogP contribution < -0.4 is 19.7 Å². The second-order valence-electron chi connectivity index (χ2n) is 6.50. The SMILES string of the molecule is COc1cc(C)c(C[NH+](C)[C@@H](C)C(=O)Nc2ccc(F)c(F)c2)cc1OC. The van der Waals surface area contributed by atoms with E-state index in [1.807, 2.05) is 26.1 Å². The third-order valence-corrected chi connectivity index (χ3v) is 4.63. The lowest BCUT2D eigenvalue weighted by Gasteiger charge is -2.22. The molecule has 0 saturated carbocycles. The van der Waals surface area contributed by atoms with E-state index in [-0.39, 0.29) is 11.6 Å². The molecule has 0 fully saturated rings. The van der Waals surface area contributed by atoms with Crippen molar-refractivity contribution in [1.29, 1.82) is 0 Å². The molecule has 27 heavy (non-hydrogen) atoms. The zero-order chi connectivity index (χ0) is 20.1. The van der Waals surface area contributed by atoms with Crippen LogP contribution in [0.15, 0.2) is 30.3 Å². The van der Waals surface area contributed by atoms with Gasteiger partial charge in [0.1, 0.15) is 6.54 Å². The van der Waals surface area contributed by atoms with Crippen LogP contribution in [0.1, 0.15) is 18.1 Å². The topological polar surface area (TPSA) is 52.0 Å². The molecule has 2 aromatic carbocycles. The molecule has 0 aliphatic rings. The van der Waals surface area contributed by atoms with Gasteiger partial charge in [0.25, 0.3) is 5.91 Å². The van der Waals surface area contributed by atoms with Gasteiger partial charge < -0.3 is 19.7 Å². The third kappa shape index (κ3) is 4.95. The minimum absolute atomic E-state index is 0.223. The van der Waals surface area contributed by atoms with Gasteiger partial charge in [-0.15, -0.1) is 0 Å². The number of carbonyl (C=O) groups excluding carboxylic acids is 1. The average Bonchev–Trinajstić information content (AvgIpc) is 2.65. The van der Waals surface area contributed by atoms with Gasteiger partial charge in [-0.2, -0.15) is 0 Å². The van der Waals surface area contributed by atoms with Crippen LogP contribution in [0.5, 0.6) is 11.5 Å². The molecular weight excluding hydrogens is 354 g/mol. The van der Waals surface area contributed by atoms with Gasteiger partial charge in [-0.3, -0.25) is 4.79 Å². The number of hydrogen-bond acceptors (Lipinski definition) is 3. The standard InChI is InChI=1S/C20H24F2N2O3/c1-12-8-18(26-4)19(27-5)9-14(12)11-24(3)13(2)20(25)23-15-6-7-16(21)17(22)10-15/h6-10,13H,11H2,1-5H3,(H,23,25)/p+1/t13-/m0/s1. The van der Waals surface area contributed by atoms with E-state index in [9.17, 15) is 13.6 Å². The van der Waals surface area contributed by atoms with Gasteiger partial charge in [-0.1, -0.05) is 0 Å². The van der Waals surface area contributed by atoms with Gasteiger partial charge in [0, 0.05) is 17.3 Å². The second-order valence-corrected chi connectivity index (χ2v) is 6.50. The maximum Gasteiger partial charge on any atom is 0.282 e. The van der Waals surface area contributed by atoms with Crippen molar-refractivity contribution in [2.75, 3.05) is 26.6 Å². The Labute approximate surface area is 157 Å². The first kappa shape index (κ1) is 20.6. The van der Waals surface area contributed by atoms with Crippen LogP contribution in [0.4, 0.5) is 14.5 Å². The lowest BCUT2D eigenvalue weighted by atomic mass is 10.1. The summed E-state index contributed by atoms with van der Waals surface area (Å²) in [5.74, 6) is -0.947. The molecule has 1 amide bonds. The number of nitrogens with one attached hydrogen (secondary N) is 2. The Morgan fingerprint density at radius 2 is 1.74 bits per heavy atom. The molecular formula is C20H25F2N2O3+. The Bertz CT molecular complexity index is 827. The fourth-order valence-electron chi connectivity index (χ4n) is 2.71. The highest BCUT2D eigenvalue weighted by molar-refractivity contribution is 5.93. The molecule has 0 spiro atoms. The minimum Gasteiger partial charge on any atom is -0.493 e. The molecule has 0 heterocycles. The summed E-state index contributed by atoms with van der Waals surface area (Å²) in [4.78, 5) is 13.4. The molecule has 7 heteroatoms. The number of aryl methyl sites for hydroxylation is 1. The van der Waals surface area contributed by atoms with E-state index in [4.69, 9.17) is 9.47 Å². The molecule has 0 saturated heterocycles. The fraction of sp³-hybridized carbons (Fsp3) is 0.350. The number of carbonyl (C=O) groups is 1. The summed E-state index contributed by atoms with van der Waals surface area (Å²) in [5.41, 5.74) is 2.28. The first-order chi connectivity index (χ1) is 12.8. The van der Waals surface area contributed by atoms with E-state index in [1.54, 1.807) is 21.1 Å². The predicted octanol–water partition coefficient (Wildman–Crippen LogP) is 2.33. The molecule has 0 aliphatic carbocycles. The van der Waals surface area contributed by atoms with E-state index in [2.05, 4.69) is 5.32 Å². The normalized spacial score (nSPS) is 13.0. The van der Waals surface area contributed by atoms with Crippen LogP contribution in [-0.4, -0.2) is 33.2 Å². The lowest BCUT2D eigenvalue weighted by Crippen LogP contribution is -3.12. The van der Waals surface area contributed by atoms with E-state index in [0.29, 0.717) is 18.0 Å². The summed E-state index contributed by atoms with van der Waals surface area (Å²) in [6.07, 6.45) is 0. The summed E-state index contributed by atoms with van der Waals surface area (Å²) in [6.45, 7) is 4.33. The fourth-order valence-corrected chi connectivity index (χ4v) is 2.71. The van der Waals surface area contributed by atoms with Crippen LogP contribution in [0, 0.1) is 18.6 Å². The molecule has 2 atom stereocenters. The summed E-state index contributed by atoms with van der Waals surface area (Å²) in [5, 5.41) is 2.62. The summed E-state index contributed by atoms with van der Waals surface area (Å²) < 4.78 is 36.9. The molecule has 5 nitrogen and oxygen atoms in total. The number of hydrogen-bond donors (Lipinski definition) is 2. The number of amides is 1. The zero-order valence-corrected chi connectivity index (χ0v) is 16.2. The molecule has 0 bridgehead atoms. The van der Waals surface area contributed by atoms with Gasteiger partial charge in [0.05, 0.1) is 21.3 Å². The van der Waals surface area contributed by atoms with Crippen molar-refractivity contribution in [2.45, 2.75) is 26.4 Å². The zero-order valence-electron chi connectivity index (χ0n) is 16.2. The number of ether oxygens (including phenoxy) is 2. The molecule has 0 aromatic heterocycles. The number of benzene rings is 2. The number of rotatable bonds is 7. The van der Waals surface area contributed by atoms with Crippen molar-refractivity contribution in [3.8, 4) is 11.5 Å². The van der Waals surface area contributed by atoms with Gasteiger partial charge in [0.2, 0.25) is 0 Å². The van der Waals surface area contributed by atoms with Crippen LogP contribution in [0.2, 0.25) is 0 Å². The Morgan fingerprint density at radius 1 is 1.11 bits per heavy atom. The van der Waals surface area contributed by atoms with E-state index < -0.39 is 17.7 Å². The van der Waals surface area contributed by atoms with Gasteiger partial charge >= 0.3 is 0 Å². The summed E-state index contributed by atoms with van der Waals surface area (Å²) in [6, 6.07) is 6.67. The maximum atomic E-state index is 13.3. The predicted molar refractivity (Wildman–Crippen MR) is 99.3 cm³/mol. The highest BCUT2D eigenvalue weighted by Gasteiger charge is 2.23. The van der Waals surface area contributed by atoms with Crippen LogP contribution in [0.25, 0.3) is 0 Å². The largest absolute Gasteiger partial charge is 0.493 e. The smallest absolute Gasteiger partial charge is 0.282 e. The molecule has 2 rings (SSSR count). The van der Waals surface area contributed by atoms with E-state index in [0.717, 1.165) is 28.2 Å². The molecule has 2 aromatic rings. The molecule has 0 radical (unpaired) electrons. The quantitative estimate of drug-likeness (QED) is 0.777. The summed E-state index contributed by atoms with van der Waals surface area (Å²) in [7, 11) is 5.05. The van der Waals surface area contributed by atoms with Crippen molar-refractivity contribution in [1.82, 2.24) is 0 Å². The van der Waals surface area contributed by atoms with Crippen LogP contribution in [0.3, 0.4) is 0 Å². The van der Waals surface area contributed by atoms with Gasteiger partial charge in [0.15, 0.2) is 29.2 Å². The van der Waals surface area contributed by atoms with E-state index in [1.165, 1.54) is 6.07 Å². The number of quaternary nitrogens is 1. The first-order valence-electron chi connectivity index (χ1n) is 8.56. The van der Waals surface area contributed by atoms with Gasteiger partial charge in [-0.05, 0) is 43.7 Å².